The number of aromatic nitrogens is 1. The van der Waals surface area contributed by atoms with E-state index >= 15 is 0 Å². The molecule has 0 radical (unpaired) electrons. The maximum atomic E-state index is 12.5. The predicted octanol–water partition coefficient (Wildman–Crippen LogP) is 3.38. The molecule has 27 heavy (non-hydrogen) atoms. The van der Waals surface area contributed by atoms with Gasteiger partial charge in [-0.25, -0.2) is 9.78 Å². The smallest absolute Gasteiger partial charge is 0.337 e. The number of carboxylic acids is 1. The van der Waals surface area contributed by atoms with E-state index in [0.717, 1.165) is 5.56 Å². The Hall–Kier alpha value is -3.09. The number of nitrogens with zero attached hydrogens (tertiary/aromatic N) is 1. The second-order valence-corrected chi connectivity index (χ2v) is 6.41. The molecule has 2 N–H and O–H groups in total. The molecule has 1 aromatic heterocycles. The number of nitrogens with one attached hydrogen (secondary N) is 1. The van der Waals surface area contributed by atoms with Gasteiger partial charge in [0.15, 0.2) is 11.5 Å². The fraction of sp³-hybridized carbons (Fsp3) is 0.350. The highest BCUT2D eigenvalue weighted by Crippen LogP contribution is 2.31. The quantitative estimate of drug-likeness (QED) is 0.773. The van der Waals surface area contributed by atoms with Crippen molar-refractivity contribution in [2.24, 2.45) is 0 Å². The van der Waals surface area contributed by atoms with Crippen molar-refractivity contribution in [2.75, 3.05) is 7.11 Å². The van der Waals surface area contributed by atoms with Gasteiger partial charge in [-0.2, -0.15) is 0 Å². The summed E-state index contributed by atoms with van der Waals surface area (Å²) in [5.74, 6) is -0.237. The van der Waals surface area contributed by atoms with Crippen LogP contribution in [0.1, 0.15) is 58.9 Å². The molecule has 0 saturated heterocycles. The number of pyridine rings is 1. The van der Waals surface area contributed by atoms with Crippen molar-refractivity contribution in [3.05, 3.63) is 52.8 Å². The second-order valence-electron chi connectivity index (χ2n) is 6.41. The van der Waals surface area contributed by atoms with E-state index in [1.165, 1.54) is 12.1 Å². The van der Waals surface area contributed by atoms with Crippen LogP contribution in [0.3, 0.4) is 0 Å². The Morgan fingerprint density at radius 3 is 2.37 bits per heavy atom. The maximum absolute atomic E-state index is 12.5. The van der Waals surface area contributed by atoms with Crippen LogP contribution in [0, 0.1) is 6.92 Å². The Bertz CT molecular complexity index is 848. The van der Waals surface area contributed by atoms with Gasteiger partial charge >= 0.3 is 5.97 Å². The Kier molecular flexibility index (Phi) is 6.39. The van der Waals surface area contributed by atoms with Gasteiger partial charge in [0.2, 0.25) is 0 Å². The fourth-order valence-electron chi connectivity index (χ4n) is 2.57. The minimum absolute atomic E-state index is 0.0185. The van der Waals surface area contributed by atoms with Crippen molar-refractivity contribution < 1.29 is 24.2 Å². The van der Waals surface area contributed by atoms with Gasteiger partial charge < -0.3 is 19.9 Å². The van der Waals surface area contributed by atoms with E-state index in [1.807, 2.05) is 32.9 Å². The maximum Gasteiger partial charge on any atom is 0.337 e. The Morgan fingerprint density at radius 1 is 1.11 bits per heavy atom. The molecule has 144 valence electrons. The second kappa shape index (κ2) is 8.53. The summed E-state index contributed by atoms with van der Waals surface area (Å²) in [7, 11) is 1.56. The van der Waals surface area contributed by atoms with Crippen molar-refractivity contribution in [2.45, 2.75) is 39.8 Å². The zero-order chi connectivity index (χ0) is 20.1. The summed E-state index contributed by atoms with van der Waals surface area (Å²) in [5, 5.41) is 11.9. The summed E-state index contributed by atoms with van der Waals surface area (Å²) < 4.78 is 11.1. The van der Waals surface area contributed by atoms with Gasteiger partial charge in [0, 0.05) is 0 Å². The van der Waals surface area contributed by atoms with Gasteiger partial charge in [-0.05, 0) is 57.5 Å². The average Bonchev–Trinajstić information content (AvgIpc) is 2.60. The number of rotatable bonds is 7. The molecule has 7 heteroatoms. The summed E-state index contributed by atoms with van der Waals surface area (Å²) in [6, 6.07) is 7.96. The number of carbonyl (C=O) groups is 2. The Balaban J connectivity index is 2.16. The minimum atomic E-state index is -1.07. The summed E-state index contributed by atoms with van der Waals surface area (Å²) in [5.41, 5.74) is 1.37. The molecule has 0 fully saturated rings. The van der Waals surface area contributed by atoms with E-state index in [4.69, 9.17) is 14.6 Å². The lowest BCUT2D eigenvalue weighted by Crippen LogP contribution is -2.27. The minimum Gasteiger partial charge on any atom is -0.493 e. The molecule has 1 atom stereocenters. The topological polar surface area (TPSA) is 97.8 Å². The Labute approximate surface area is 158 Å². The van der Waals surface area contributed by atoms with Crippen LogP contribution in [0.5, 0.6) is 11.5 Å². The molecule has 0 bridgehead atoms. The molecule has 0 spiro atoms. The van der Waals surface area contributed by atoms with Crippen LogP contribution < -0.4 is 14.8 Å². The molecule has 1 unspecified atom stereocenters. The number of amides is 1. The van der Waals surface area contributed by atoms with Crippen molar-refractivity contribution in [1.29, 1.82) is 0 Å². The van der Waals surface area contributed by atoms with E-state index in [0.29, 0.717) is 17.2 Å². The van der Waals surface area contributed by atoms with Gasteiger partial charge in [0.05, 0.1) is 30.5 Å². The lowest BCUT2D eigenvalue weighted by Gasteiger charge is -2.18. The van der Waals surface area contributed by atoms with Gasteiger partial charge in [-0.3, -0.25) is 4.79 Å². The van der Waals surface area contributed by atoms with Gasteiger partial charge in [0.25, 0.3) is 5.91 Å². The van der Waals surface area contributed by atoms with Crippen molar-refractivity contribution >= 4 is 11.9 Å². The molecule has 0 saturated carbocycles. The predicted molar refractivity (Wildman–Crippen MR) is 101 cm³/mol. The highest BCUT2D eigenvalue weighted by Gasteiger charge is 2.17. The van der Waals surface area contributed by atoms with E-state index in [2.05, 4.69) is 10.3 Å². The summed E-state index contributed by atoms with van der Waals surface area (Å²) >= 11 is 0. The zero-order valence-electron chi connectivity index (χ0n) is 16.1. The zero-order valence-corrected chi connectivity index (χ0v) is 16.1. The molecule has 0 aliphatic rings. The first-order valence-electron chi connectivity index (χ1n) is 8.59. The number of benzene rings is 1. The highest BCUT2D eigenvalue weighted by molar-refractivity contribution is 5.94. The number of aryl methyl sites for hydroxylation is 1. The molecule has 2 aromatic rings. The third-order valence-electron chi connectivity index (χ3n) is 3.95. The third-order valence-corrected chi connectivity index (χ3v) is 3.95. The van der Waals surface area contributed by atoms with E-state index in [-0.39, 0.29) is 29.3 Å². The van der Waals surface area contributed by atoms with Crippen LogP contribution in [0.2, 0.25) is 0 Å². The average molecular weight is 372 g/mol. The van der Waals surface area contributed by atoms with Crippen molar-refractivity contribution in [3.63, 3.8) is 0 Å². The fourth-order valence-corrected chi connectivity index (χ4v) is 2.57. The van der Waals surface area contributed by atoms with Gasteiger partial charge in [-0.15, -0.1) is 0 Å². The van der Waals surface area contributed by atoms with Crippen molar-refractivity contribution in [1.82, 2.24) is 10.3 Å². The monoisotopic (exact) mass is 372 g/mol. The summed E-state index contributed by atoms with van der Waals surface area (Å²) in [6.45, 7) is 7.26. The molecular weight excluding hydrogens is 348 g/mol. The van der Waals surface area contributed by atoms with Crippen LogP contribution in [0.25, 0.3) is 0 Å². The Morgan fingerprint density at radius 2 is 1.81 bits per heavy atom. The van der Waals surface area contributed by atoms with E-state index < -0.39 is 5.97 Å². The number of methoxy groups -OCH3 is 1. The molecular formula is C20H24N2O5. The normalized spacial score (nSPS) is 11.8. The van der Waals surface area contributed by atoms with Gasteiger partial charge in [0.1, 0.15) is 5.69 Å². The first kappa shape index (κ1) is 20.2. The van der Waals surface area contributed by atoms with E-state index in [1.54, 1.807) is 20.1 Å². The first-order chi connectivity index (χ1) is 12.7. The number of aromatic carboxylic acids is 1. The molecule has 1 heterocycles. The molecule has 0 aliphatic carbocycles. The summed E-state index contributed by atoms with van der Waals surface area (Å²) in [6.07, 6.45) is 0.0185. The molecule has 1 aromatic carbocycles. The summed E-state index contributed by atoms with van der Waals surface area (Å²) in [4.78, 5) is 27.6. The molecule has 0 aliphatic heterocycles. The number of hydrogen-bond donors (Lipinski definition) is 2. The molecule has 7 nitrogen and oxygen atoms in total. The van der Waals surface area contributed by atoms with E-state index in [9.17, 15) is 9.59 Å². The first-order valence-corrected chi connectivity index (χ1v) is 8.59. The third kappa shape index (κ3) is 4.97. The van der Waals surface area contributed by atoms with Crippen LogP contribution in [-0.2, 0) is 0 Å². The van der Waals surface area contributed by atoms with Gasteiger partial charge in [-0.1, -0.05) is 6.07 Å². The van der Waals surface area contributed by atoms with Crippen LogP contribution in [-0.4, -0.2) is 35.2 Å². The lowest BCUT2D eigenvalue weighted by molar-refractivity contribution is 0.0694. The SMILES string of the molecule is COc1cc(C(C)NC(=O)c2ccc(C(=O)O)c(C)n2)ccc1OC(C)C. The molecule has 2 rings (SSSR count). The van der Waals surface area contributed by atoms with Crippen molar-refractivity contribution in [3.8, 4) is 11.5 Å². The van der Waals surface area contributed by atoms with Crippen LogP contribution in [0.4, 0.5) is 0 Å². The van der Waals surface area contributed by atoms with Crippen LogP contribution >= 0.6 is 0 Å². The number of carbonyl (C=O) groups excluding carboxylic acids is 1. The standard InChI is InChI=1S/C20H24N2O5/c1-11(2)27-17-9-6-14(10-18(17)26-5)12(3)22-19(23)16-8-7-15(20(24)25)13(4)21-16/h6-12H,1-5H3,(H,22,23)(H,24,25). The lowest BCUT2D eigenvalue weighted by atomic mass is 10.1. The van der Waals surface area contributed by atoms with Crippen LogP contribution in [0.15, 0.2) is 30.3 Å². The number of hydrogen-bond acceptors (Lipinski definition) is 5. The number of ether oxygens (including phenoxy) is 2. The number of carboxylic acid groups (broad SMARTS) is 1. The molecule has 1 amide bonds. The largest absolute Gasteiger partial charge is 0.493 e. The highest BCUT2D eigenvalue weighted by atomic mass is 16.5.